The average molecular weight is 260 g/mol. The molecule has 0 aromatic heterocycles. The lowest BCUT2D eigenvalue weighted by Crippen LogP contribution is -2.34. The summed E-state index contributed by atoms with van der Waals surface area (Å²) in [5.74, 6) is -1.86. The zero-order valence-electron chi connectivity index (χ0n) is 8.50. The molecule has 2 N–H and O–H groups in total. The van der Waals surface area contributed by atoms with Crippen LogP contribution in [0.1, 0.15) is 0 Å². The number of aliphatic carboxylic acids is 1. The molecule has 1 aromatic rings. The lowest BCUT2D eigenvalue weighted by atomic mass is 10.2. The highest BCUT2D eigenvalue weighted by Crippen LogP contribution is 2.22. The second kappa shape index (κ2) is 3.97. The minimum atomic E-state index is -3.92. The average Bonchev–Trinajstić information content (AvgIpc) is 2.54. The van der Waals surface area contributed by atoms with E-state index in [1.165, 1.54) is 18.2 Å². The summed E-state index contributed by atoms with van der Waals surface area (Å²) in [7, 11) is -3.92. The van der Waals surface area contributed by atoms with Gasteiger partial charge in [-0.25, -0.2) is 4.39 Å². The maximum absolute atomic E-state index is 13.0. The van der Waals surface area contributed by atoms with Gasteiger partial charge in [-0.05, 0) is 18.2 Å². The van der Waals surface area contributed by atoms with Gasteiger partial charge in [0.25, 0.3) is 0 Å². The van der Waals surface area contributed by atoms with Crippen LogP contribution in [0.25, 0.3) is 0 Å². The minimum Gasteiger partial charge on any atom is -0.480 e. The number of nitrogens with zero attached hydrogens (tertiary/aromatic N) is 1. The Morgan fingerprint density at radius 3 is 2.76 bits per heavy atom. The van der Waals surface area contributed by atoms with Gasteiger partial charge in [0.05, 0.1) is 12.2 Å². The predicted octanol–water partition coefficient (Wildman–Crippen LogP) is -0.0667. The van der Waals surface area contributed by atoms with Crippen molar-refractivity contribution in [1.82, 2.24) is 4.72 Å². The van der Waals surface area contributed by atoms with Gasteiger partial charge in [-0.2, -0.15) is 13.1 Å². The highest BCUT2D eigenvalue weighted by molar-refractivity contribution is 7.91. The van der Waals surface area contributed by atoms with Crippen LogP contribution in [-0.2, 0) is 15.0 Å². The van der Waals surface area contributed by atoms with Crippen molar-refractivity contribution < 1.29 is 22.7 Å². The Morgan fingerprint density at radius 2 is 2.24 bits per heavy atom. The number of rotatable bonds is 2. The molecule has 0 aliphatic carbocycles. The molecule has 2 rings (SSSR count). The van der Waals surface area contributed by atoms with Crippen LogP contribution in [0.2, 0.25) is 0 Å². The van der Waals surface area contributed by atoms with Gasteiger partial charge < -0.3 is 5.11 Å². The number of hydrogen-bond acceptors (Lipinski definition) is 3. The molecular weight excluding hydrogens is 251 g/mol. The maximum atomic E-state index is 13.0. The number of halogens is 1. The largest absolute Gasteiger partial charge is 0.480 e. The summed E-state index contributed by atoms with van der Waals surface area (Å²) in [6.45, 7) is -0.263. The van der Waals surface area contributed by atoms with Crippen LogP contribution in [0.4, 0.5) is 10.1 Å². The second-order valence-corrected chi connectivity index (χ2v) is 5.15. The Kier molecular flexibility index (Phi) is 2.76. The van der Waals surface area contributed by atoms with Crippen molar-refractivity contribution in [2.24, 2.45) is 0 Å². The molecule has 0 amide bonds. The SMILES string of the molecule is O=C(O)C1CN(c2cccc(F)c2)S(=O)(=O)N1. The summed E-state index contributed by atoms with van der Waals surface area (Å²) in [6.07, 6.45) is 0. The molecule has 0 saturated carbocycles. The molecule has 1 saturated heterocycles. The van der Waals surface area contributed by atoms with E-state index in [4.69, 9.17) is 5.11 Å². The molecule has 1 heterocycles. The number of anilines is 1. The van der Waals surface area contributed by atoms with Gasteiger partial charge in [0.1, 0.15) is 11.9 Å². The molecule has 1 aliphatic rings. The molecule has 0 radical (unpaired) electrons. The molecule has 0 bridgehead atoms. The summed E-state index contributed by atoms with van der Waals surface area (Å²) < 4.78 is 39.0. The molecule has 1 aromatic carbocycles. The maximum Gasteiger partial charge on any atom is 0.323 e. The van der Waals surface area contributed by atoms with E-state index in [1.807, 2.05) is 4.72 Å². The topological polar surface area (TPSA) is 86.7 Å². The summed E-state index contributed by atoms with van der Waals surface area (Å²) in [5, 5.41) is 8.74. The molecule has 0 spiro atoms. The number of benzene rings is 1. The standard InChI is InChI=1S/C9H9FN2O4S/c10-6-2-1-3-7(4-6)12-5-8(9(13)14)11-17(12,15)16/h1-4,8,11H,5H2,(H,13,14). The van der Waals surface area contributed by atoms with Crippen LogP contribution < -0.4 is 9.03 Å². The van der Waals surface area contributed by atoms with Crippen LogP contribution >= 0.6 is 0 Å². The molecule has 1 aliphatic heterocycles. The fourth-order valence-corrected chi connectivity index (χ4v) is 2.95. The molecule has 17 heavy (non-hydrogen) atoms. The van der Waals surface area contributed by atoms with E-state index in [0.29, 0.717) is 0 Å². The first-order valence-electron chi connectivity index (χ1n) is 4.68. The third-order valence-electron chi connectivity index (χ3n) is 2.32. The molecule has 1 atom stereocenters. The van der Waals surface area contributed by atoms with E-state index in [1.54, 1.807) is 0 Å². The van der Waals surface area contributed by atoms with E-state index in [0.717, 1.165) is 10.4 Å². The molecule has 6 nitrogen and oxygen atoms in total. The monoisotopic (exact) mass is 260 g/mol. The molecule has 1 unspecified atom stereocenters. The van der Waals surface area contributed by atoms with Crippen molar-refractivity contribution in [2.45, 2.75) is 6.04 Å². The zero-order valence-corrected chi connectivity index (χ0v) is 9.32. The van der Waals surface area contributed by atoms with E-state index >= 15 is 0 Å². The Hall–Kier alpha value is -1.67. The van der Waals surface area contributed by atoms with Crippen molar-refractivity contribution in [3.63, 3.8) is 0 Å². The molecule has 1 fully saturated rings. The van der Waals surface area contributed by atoms with E-state index < -0.39 is 28.0 Å². The third-order valence-corrected chi connectivity index (χ3v) is 3.85. The van der Waals surface area contributed by atoms with E-state index in [2.05, 4.69) is 0 Å². The number of nitrogens with one attached hydrogen (secondary N) is 1. The number of hydrogen-bond donors (Lipinski definition) is 2. The first-order valence-corrected chi connectivity index (χ1v) is 6.12. The number of carboxylic acid groups (broad SMARTS) is 1. The number of carbonyl (C=O) groups is 1. The van der Waals surface area contributed by atoms with Crippen LogP contribution in [-0.4, -0.2) is 32.1 Å². The Labute approximate surface area is 96.8 Å². The van der Waals surface area contributed by atoms with Gasteiger partial charge in [0, 0.05) is 0 Å². The highest BCUT2D eigenvalue weighted by atomic mass is 32.2. The fraction of sp³-hybridized carbons (Fsp3) is 0.222. The summed E-state index contributed by atoms with van der Waals surface area (Å²) in [5.41, 5.74) is 0.0984. The fourth-order valence-electron chi connectivity index (χ4n) is 1.55. The molecular formula is C9H9FN2O4S. The first kappa shape index (κ1) is 11.8. The highest BCUT2D eigenvalue weighted by Gasteiger charge is 2.39. The van der Waals surface area contributed by atoms with Crippen molar-refractivity contribution in [3.8, 4) is 0 Å². The van der Waals surface area contributed by atoms with Crippen LogP contribution in [0.15, 0.2) is 24.3 Å². The summed E-state index contributed by atoms with van der Waals surface area (Å²) in [6, 6.07) is 3.74. The van der Waals surface area contributed by atoms with Crippen LogP contribution in [0, 0.1) is 5.82 Å². The van der Waals surface area contributed by atoms with E-state index in [-0.39, 0.29) is 12.2 Å². The van der Waals surface area contributed by atoms with Gasteiger partial charge in [-0.15, -0.1) is 0 Å². The van der Waals surface area contributed by atoms with Crippen molar-refractivity contribution in [3.05, 3.63) is 30.1 Å². The summed E-state index contributed by atoms with van der Waals surface area (Å²) in [4.78, 5) is 10.7. The van der Waals surface area contributed by atoms with Crippen molar-refractivity contribution in [1.29, 1.82) is 0 Å². The lowest BCUT2D eigenvalue weighted by molar-refractivity contribution is -0.138. The Morgan fingerprint density at radius 1 is 1.53 bits per heavy atom. The van der Waals surface area contributed by atoms with Gasteiger partial charge in [0.2, 0.25) is 0 Å². The number of carboxylic acids is 1. The summed E-state index contributed by atoms with van der Waals surface area (Å²) >= 11 is 0. The van der Waals surface area contributed by atoms with Gasteiger partial charge in [-0.3, -0.25) is 9.10 Å². The van der Waals surface area contributed by atoms with Crippen molar-refractivity contribution >= 4 is 21.9 Å². The predicted molar refractivity (Wildman–Crippen MR) is 57.2 cm³/mol. The Bertz CT molecular complexity index is 560. The third kappa shape index (κ3) is 2.22. The normalized spacial score (nSPS) is 22.6. The van der Waals surface area contributed by atoms with Crippen LogP contribution in [0.3, 0.4) is 0 Å². The molecule has 8 heteroatoms. The van der Waals surface area contributed by atoms with Gasteiger partial charge in [-0.1, -0.05) is 6.07 Å². The lowest BCUT2D eigenvalue weighted by Gasteiger charge is -2.15. The van der Waals surface area contributed by atoms with Crippen LogP contribution in [0.5, 0.6) is 0 Å². The zero-order chi connectivity index (χ0) is 12.6. The smallest absolute Gasteiger partial charge is 0.323 e. The second-order valence-electron chi connectivity index (χ2n) is 3.52. The van der Waals surface area contributed by atoms with E-state index in [9.17, 15) is 17.6 Å². The van der Waals surface area contributed by atoms with Crippen molar-refractivity contribution in [2.75, 3.05) is 10.8 Å². The van der Waals surface area contributed by atoms with Gasteiger partial charge >= 0.3 is 16.2 Å². The first-order chi connectivity index (χ1) is 7.90. The van der Waals surface area contributed by atoms with Gasteiger partial charge in [0.15, 0.2) is 0 Å². The molecule has 92 valence electrons. The minimum absolute atomic E-state index is 0.0984. The Balaban J connectivity index is 2.37. The quantitative estimate of drug-likeness (QED) is 0.779.